The first-order chi connectivity index (χ1) is 7.27. The molecule has 0 fully saturated rings. The van der Waals surface area contributed by atoms with Gasteiger partial charge in [-0.2, -0.15) is 0 Å². The normalized spacial score (nSPS) is 10.0. The van der Waals surface area contributed by atoms with Gasteiger partial charge in [0.15, 0.2) is 0 Å². The lowest BCUT2D eigenvalue weighted by Gasteiger charge is -2.10. The molecule has 0 aliphatic carbocycles. The fourth-order valence-corrected chi connectivity index (χ4v) is 1.45. The van der Waals surface area contributed by atoms with Gasteiger partial charge in [0, 0.05) is 17.1 Å². The number of rotatable bonds is 6. The second-order valence-corrected chi connectivity index (χ2v) is 3.67. The highest BCUT2D eigenvalue weighted by Gasteiger charge is 2.02. The Balaban J connectivity index is 2.55. The Morgan fingerprint density at radius 2 is 2.27 bits per heavy atom. The van der Waals surface area contributed by atoms with E-state index < -0.39 is 0 Å². The number of hydrogen-bond donors (Lipinski definition) is 1. The van der Waals surface area contributed by atoms with E-state index in [1.54, 1.807) is 0 Å². The van der Waals surface area contributed by atoms with E-state index in [4.69, 9.17) is 22.1 Å². The van der Waals surface area contributed by atoms with Crippen LogP contribution in [-0.4, -0.2) is 6.61 Å². The summed E-state index contributed by atoms with van der Waals surface area (Å²) >= 11 is 5.85. The van der Waals surface area contributed by atoms with Crippen molar-refractivity contribution in [1.82, 2.24) is 0 Å². The number of benzene rings is 1. The molecule has 0 aliphatic rings. The van der Waals surface area contributed by atoms with Gasteiger partial charge in [0.2, 0.25) is 0 Å². The molecule has 0 saturated carbocycles. The quantitative estimate of drug-likeness (QED) is 0.596. The Bertz CT molecular complexity index is 325. The lowest BCUT2D eigenvalue weighted by Crippen LogP contribution is -2.03. The van der Waals surface area contributed by atoms with Crippen molar-refractivity contribution >= 4 is 11.6 Å². The van der Waals surface area contributed by atoms with Gasteiger partial charge in [-0.3, -0.25) is 0 Å². The fraction of sp³-hybridized carbons (Fsp3) is 0.333. The van der Waals surface area contributed by atoms with Gasteiger partial charge in [-0.15, -0.1) is 6.58 Å². The second-order valence-electron chi connectivity index (χ2n) is 3.24. The summed E-state index contributed by atoms with van der Waals surface area (Å²) in [7, 11) is 0. The van der Waals surface area contributed by atoms with Crippen molar-refractivity contribution in [2.24, 2.45) is 5.73 Å². The Labute approximate surface area is 95.7 Å². The van der Waals surface area contributed by atoms with Gasteiger partial charge in [-0.25, -0.2) is 0 Å². The first-order valence-corrected chi connectivity index (χ1v) is 5.38. The third-order valence-corrected chi connectivity index (χ3v) is 2.29. The second kappa shape index (κ2) is 6.49. The molecule has 0 atom stereocenters. The molecule has 0 spiro atoms. The average molecular weight is 226 g/mol. The van der Waals surface area contributed by atoms with Gasteiger partial charge in [0.05, 0.1) is 6.61 Å². The molecule has 0 aliphatic heterocycles. The van der Waals surface area contributed by atoms with Crippen LogP contribution in [0.3, 0.4) is 0 Å². The number of nitrogens with two attached hydrogens (primary N) is 1. The third kappa shape index (κ3) is 3.94. The van der Waals surface area contributed by atoms with Gasteiger partial charge in [-0.05, 0) is 31.0 Å². The van der Waals surface area contributed by atoms with E-state index in [1.807, 2.05) is 24.3 Å². The van der Waals surface area contributed by atoms with E-state index in [2.05, 4.69) is 6.58 Å². The van der Waals surface area contributed by atoms with Crippen LogP contribution in [0, 0.1) is 0 Å². The molecule has 0 saturated heterocycles. The molecule has 1 rings (SSSR count). The Hall–Kier alpha value is -0.990. The van der Waals surface area contributed by atoms with E-state index in [-0.39, 0.29) is 0 Å². The minimum absolute atomic E-state index is 0.442. The van der Waals surface area contributed by atoms with Crippen molar-refractivity contribution in [2.45, 2.75) is 19.4 Å². The zero-order chi connectivity index (χ0) is 11.1. The first-order valence-electron chi connectivity index (χ1n) is 5.00. The molecule has 1 aromatic carbocycles. The minimum atomic E-state index is 0.442. The molecule has 0 bridgehead atoms. The molecule has 0 radical (unpaired) electrons. The summed E-state index contributed by atoms with van der Waals surface area (Å²) in [5, 5.41) is 0.689. The maximum Gasteiger partial charge on any atom is 0.123 e. The number of halogens is 1. The zero-order valence-corrected chi connectivity index (χ0v) is 9.46. The molecule has 2 N–H and O–H groups in total. The Morgan fingerprint density at radius 3 is 2.93 bits per heavy atom. The van der Waals surface area contributed by atoms with Crippen LogP contribution in [0.5, 0.6) is 5.75 Å². The van der Waals surface area contributed by atoms with Crippen LogP contribution < -0.4 is 10.5 Å². The van der Waals surface area contributed by atoms with Gasteiger partial charge in [0.25, 0.3) is 0 Å². The summed E-state index contributed by atoms with van der Waals surface area (Å²) in [6.45, 7) is 4.78. The summed E-state index contributed by atoms with van der Waals surface area (Å²) in [5.41, 5.74) is 6.54. The molecule has 82 valence electrons. The maximum absolute atomic E-state index is 5.85. The summed E-state index contributed by atoms with van der Waals surface area (Å²) in [4.78, 5) is 0. The summed E-state index contributed by atoms with van der Waals surface area (Å²) in [5.74, 6) is 0.825. The average Bonchev–Trinajstić information content (AvgIpc) is 2.26. The van der Waals surface area contributed by atoms with Gasteiger partial charge >= 0.3 is 0 Å². The number of ether oxygens (including phenoxy) is 1. The third-order valence-electron chi connectivity index (χ3n) is 2.05. The zero-order valence-electron chi connectivity index (χ0n) is 8.71. The van der Waals surface area contributed by atoms with E-state index in [1.165, 1.54) is 0 Å². The van der Waals surface area contributed by atoms with E-state index in [9.17, 15) is 0 Å². The monoisotopic (exact) mass is 225 g/mol. The summed E-state index contributed by atoms with van der Waals surface area (Å²) < 4.78 is 5.60. The molecule has 0 heterocycles. The predicted molar refractivity (Wildman–Crippen MR) is 64.3 cm³/mol. The lowest BCUT2D eigenvalue weighted by molar-refractivity contribution is 0.309. The van der Waals surface area contributed by atoms with Gasteiger partial charge in [0.1, 0.15) is 5.75 Å². The number of hydrogen-bond acceptors (Lipinski definition) is 2. The van der Waals surface area contributed by atoms with Crippen LogP contribution in [0.15, 0.2) is 30.9 Å². The highest BCUT2D eigenvalue weighted by molar-refractivity contribution is 6.30. The Kier molecular flexibility index (Phi) is 5.22. The van der Waals surface area contributed by atoms with Crippen molar-refractivity contribution in [3.63, 3.8) is 0 Å². The molecule has 3 heteroatoms. The molecule has 0 amide bonds. The van der Waals surface area contributed by atoms with Crippen LogP contribution in [0.2, 0.25) is 5.02 Å². The standard InChI is InChI=1S/C12H16ClNO/c1-2-3-4-7-15-12-6-5-11(13)8-10(12)9-14/h2,5-6,8H,1,3-4,7,9,14H2. The topological polar surface area (TPSA) is 35.2 Å². The molecule has 15 heavy (non-hydrogen) atoms. The molecule has 0 unspecified atom stereocenters. The van der Waals surface area contributed by atoms with Crippen molar-refractivity contribution in [3.05, 3.63) is 41.4 Å². The van der Waals surface area contributed by atoms with Crippen LogP contribution in [0.4, 0.5) is 0 Å². The summed E-state index contributed by atoms with van der Waals surface area (Å²) in [6, 6.07) is 5.51. The van der Waals surface area contributed by atoms with Crippen LogP contribution >= 0.6 is 11.6 Å². The van der Waals surface area contributed by atoms with Crippen LogP contribution in [0.1, 0.15) is 18.4 Å². The van der Waals surface area contributed by atoms with Crippen molar-refractivity contribution in [2.75, 3.05) is 6.61 Å². The highest BCUT2D eigenvalue weighted by Crippen LogP contribution is 2.22. The highest BCUT2D eigenvalue weighted by atomic mass is 35.5. The summed E-state index contributed by atoms with van der Waals surface area (Å²) in [6.07, 6.45) is 3.82. The molecule has 1 aromatic rings. The predicted octanol–water partition coefficient (Wildman–Crippen LogP) is 3.14. The SMILES string of the molecule is C=CCCCOc1ccc(Cl)cc1CN. The van der Waals surface area contributed by atoms with Crippen molar-refractivity contribution < 1.29 is 4.74 Å². The fourth-order valence-electron chi connectivity index (χ4n) is 1.26. The van der Waals surface area contributed by atoms with Crippen LogP contribution in [0.25, 0.3) is 0 Å². The van der Waals surface area contributed by atoms with E-state index >= 15 is 0 Å². The van der Waals surface area contributed by atoms with Crippen molar-refractivity contribution in [3.8, 4) is 5.75 Å². The molecule has 0 aromatic heterocycles. The molecule has 2 nitrogen and oxygen atoms in total. The smallest absolute Gasteiger partial charge is 0.123 e. The van der Waals surface area contributed by atoms with Gasteiger partial charge in [-0.1, -0.05) is 17.7 Å². The number of allylic oxidation sites excluding steroid dienone is 1. The molecular weight excluding hydrogens is 210 g/mol. The number of unbranched alkanes of at least 4 members (excludes halogenated alkanes) is 1. The van der Waals surface area contributed by atoms with Crippen LogP contribution in [-0.2, 0) is 6.54 Å². The lowest BCUT2D eigenvalue weighted by atomic mass is 10.2. The minimum Gasteiger partial charge on any atom is -0.493 e. The first kappa shape index (κ1) is 12.1. The largest absolute Gasteiger partial charge is 0.493 e. The van der Waals surface area contributed by atoms with Crippen molar-refractivity contribution in [1.29, 1.82) is 0 Å². The maximum atomic E-state index is 5.85. The van der Waals surface area contributed by atoms with E-state index in [0.29, 0.717) is 18.2 Å². The molecular formula is C12H16ClNO. The Morgan fingerprint density at radius 1 is 1.47 bits per heavy atom. The van der Waals surface area contributed by atoms with Gasteiger partial charge < -0.3 is 10.5 Å². The van der Waals surface area contributed by atoms with E-state index in [0.717, 1.165) is 24.2 Å².